The molecule has 1 aromatic carbocycles. The van der Waals surface area contributed by atoms with Crippen LogP contribution < -0.4 is 15.4 Å². The van der Waals surface area contributed by atoms with Gasteiger partial charge < -0.3 is 10.6 Å². The van der Waals surface area contributed by atoms with Gasteiger partial charge in [0, 0.05) is 12.2 Å². The number of halogens is 1. The maximum atomic E-state index is 12.0. The quantitative estimate of drug-likeness (QED) is 0.757. The molecule has 0 aromatic heterocycles. The van der Waals surface area contributed by atoms with Crippen LogP contribution in [0.5, 0.6) is 0 Å². The molecule has 1 unspecified atom stereocenters. The van der Waals surface area contributed by atoms with Crippen molar-refractivity contribution in [2.75, 3.05) is 28.9 Å². The summed E-state index contributed by atoms with van der Waals surface area (Å²) in [6.45, 7) is 4.97. The number of nitrogens with one attached hydrogen (secondary N) is 3. The summed E-state index contributed by atoms with van der Waals surface area (Å²) < 4.78 is 25.7. The SMILES string of the molecule is CCS(=O)(=O)Nc1ccc(NC(=O)C2CCNC2)cc1C.Cl. The third-order valence-corrected chi connectivity index (χ3v) is 4.86. The minimum atomic E-state index is -3.29. The van der Waals surface area contributed by atoms with E-state index >= 15 is 0 Å². The van der Waals surface area contributed by atoms with Crippen LogP contribution in [0.3, 0.4) is 0 Å². The molecule has 1 heterocycles. The highest BCUT2D eigenvalue weighted by Crippen LogP contribution is 2.22. The molecule has 3 N–H and O–H groups in total. The van der Waals surface area contributed by atoms with Crippen LogP contribution in [-0.4, -0.2) is 33.2 Å². The second kappa shape index (κ2) is 7.80. The summed E-state index contributed by atoms with van der Waals surface area (Å²) in [5.41, 5.74) is 2.00. The zero-order chi connectivity index (χ0) is 15.5. The fourth-order valence-electron chi connectivity index (χ4n) is 2.22. The average Bonchev–Trinajstić information content (AvgIpc) is 2.96. The van der Waals surface area contributed by atoms with E-state index in [4.69, 9.17) is 0 Å². The van der Waals surface area contributed by atoms with Crippen molar-refractivity contribution in [1.29, 1.82) is 0 Å². The molecular weight excluding hydrogens is 326 g/mol. The number of hydrogen-bond donors (Lipinski definition) is 3. The summed E-state index contributed by atoms with van der Waals surface area (Å²) >= 11 is 0. The summed E-state index contributed by atoms with van der Waals surface area (Å²) in [7, 11) is -3.29. The Morgan fingerprint density at radius 1 is 1.41 bits per heavy atom. The first kappa shape index (κ1) is 18.7. The molecule has 1 amide bonds. The highest BCUT2D eigenvalue weighted by molar-refractivity contribution is 7.92. The molecule has 1 fully saturated rings. The molecule has 6 nitrogen and oxygen atoms in total. The first-order valence-corrected chi connectivity index (χ1v) is 8.69. The Balaban J connectivity index is 0.00000242. The largest absolute Gasteiger partial charge is 0.326 e. The number of benzene rings is 1. The van der Waals surface area contributed by atoms with Gasteiger partial charge in [0.1, 0.15) is 0 Å². The maximum absolute atomic E-state index is 12.0. The molecule has 0 spiro atoms. The van der Waals surface area contributed by atoms with E-state index < -0.39 is 10.0 Å². The van der Waals surface area contributed by atoms with E-state index in [1.54, 1.807) is 32.0 Å². The molecular formula is C14H22ClN3O3S. The van der Waals surface area contributed by atoms with Crippen LogP contribution in [0.4, 0.5) is 11.4 Å². The summed E-state index contributed by atoms with van der Waals surface area (Å²) in [4.78, 5) is 12.0. The lowest BCUT2D eigenvalue weighted by Gasteiger charge is -2.13. The summed E-state index contributed by atoms with van der Waals surface area (Å²) in [6, 6.07) is 5.15. The van der Waals surface area contributed by atoms with Crippen LogP contribution in [0.2, 0.25) is 0 Å². The van der Waals surface area contributed by atoms with Gasteiger partial charge >= 0.3 is 0 Å². The molecule has 0 saturated carbocycles. The molecule has 124 valence electrons. The first-order chi connectivity index (χ1) is 9.91. The van der Waals surface area contributed by atoms with Gasteiger partial charge in [-0.1, -0.05) is 0 Å². The number of hydrogen-bond acceptors (Lipinski definition) is 4. The average molecular weight is 348 g/mol. The van der Waals surface area contributed by atoms with Gasteiger partial charge in [-0.25, -0.2) is 8.42 Å². The molecule has 0 radical (unpaired) electrons. The van der Waals surface area contributed by atoms with Gasteiger partial charge in [0.15, 0.2) is 0 Å². The number of aryl methyl sites for hydroxylation is 1. The van der Waals surface area contributed by atoms with Crippen molar-refractivity contribution in [3.05, 3.63) is 23.8 Å². The van der Waals surface area contributed by atoms with Gasteiger partial charge in [0.2, 0.25) is 15.9 Å². The second-order valence-electron chi connectivity index (χ2n) is 5.21. The molecule has 1 atom stereocenters. The van der Waals surface area contributed by atoms with Crippen molar-refractivity contribution in [3.63, 3.8) is 0 Å². The number of sulfonamides is 1. The predicted molar refractivity (Wildman–Crippen MR) is 91.1 cm³/mol. The lowest BCUT2D eigenvalue weighted by Crippen LogP contribution is -2.24. The van der Waals surface area contributed by atoms with E-state index in [9.17, 15) is 13.2 Å². The molecule has 1 saturated heterocycles. The Kier molecular flexibility index (Phi) is 6.65. The van der Waals surface area contributed by atoms with Crippen molar-refractivity contribution in [3.8, 4) is 0 Å². The van der Waals surface area contributed by atoms with E-state index in [0.29, 0.717) is 17.9 Å². The second-order valence-corrected chi connectivity index (χ2v) is 7.23. The van der Waals surface area contributed by atoms with E-state index in [1.165, 1.54) is 0 Å². The lowest BCUT2D eigenvalue weighted by atomic mass is 10.1. The van der Waals surface area contributed by atoms with Gasteiger partial charge in [-0.15, -0.1) is 12.4 Å². The minimum Gasteiger partial charge on any atom is -0.326 e. The van der Waals surface area contributed by atoms with Gasteiger partial charge in [0.25, 0.3) is 0 Å². The molecule has 2 rings (SSSR count). The monoisotopic (exact) mass is 347 g/mol. The topological polar surface area (TPSA) is 87.3 Å². The standard InChI is InChI=1S/C14H21N3O3S.ClH/c1-3-21(19,20)17-13-5-4-12(8-10(13)2)16-14(18)11-6-7-15-9-11;/h4-5,8,11,15,17H,3,6-7,9H2,1-2H3,(H,16,18);1H. The van der Waals surface area contributed by atoms with E-state index in [1.807, 2.05) is 0 Å². The molecule has 1 aliphatic heterocycles. The van der Waals surface area contributed by atoms with Crippen molar-refractivity contribution in [1.82, 2.24) is 5.32 Å². The number of amides is 1. The van der Waals surface area contributed by atoms with Crippen LogP contribution in [0.1, 0.15) is 18.9 Å². The highest BCUT2D eigenvalue weighted by atomic mass is 35.5. The van der Waals surface area contributed by atoms with E-state index in [2.05, 4.69) is 15.4 Å². The number of anilines is 2. The molecule has 1 aromatic rings. The maximum Gasteiger partial charge on any atom is 0.232 e. The van der Waals surface area contributed by atoms with Crippen LogP contribution in [-0.2, 0) is 14.8 Å². The molecule has 1 aliphatic rings. The first-order valence-electron chi connectivity index (χ1n) is 7.04. The summed E-state index contributed by atoms with van der Waals surface area (Å²) in [5, 5.41) is 6.03. The van der Waals surface area contributed by atoms with Crippen LogP contribution in [0.25, 0.3) is 0 Å². The fourth-order valence-corrected chi connectivity index (χ4v) is 2.93. The van der Waals surface area contributed by atoms with Crippen LogP contribution >= 0.6 is 12.4 Å². The number of carbonyl (C=O) groups is 1. The van der Waals surface area contributed by atoms with Gasteiger partial charge in [0.05, 0.1) is 17.4 Å². The Morgan fingerprint density at radius 2 is 2.14 bits per heavy atom. The third-order valence-electron chi connectivity index (χ3n) is 3.57. The van der Waals surface area contributed by atoms with Crippen LogP contribution in [0, 0.1) is 12.8 Å². The van der Waals surface area contributed by atoms with Crippen molar-refractivity contribution in [2.45, 2.75) is 20.3 Å². The Bertz CT molecular complexity index is 628. The number of rotatable bonds is 5. The van der Waals surface area contributed by atoms with Gasteiger partial charge in [-0.3, -0.25) is 9.52 Å². The summed E-state index contributed by atoms with van der Waals surface area (Å²) in [6.07, 6.45) is 0.846. The zero-order valence-electron chi connectivity index (χ0n) is 12.7. The van der Waals surface area contributed by atoms with E-state index in [0.717, 1.165) is 18.5 Å². The Labute approximate surface area is 137 Å². The Hall–Kier alpha value is -1.31. The minimum absolute atomic E-state index is 0. The van der Waals surface area contributed by atoms with Crippen molar-refractivity contribution >= 4 is 39.7 Å². The van der Waals surface area contributed by atoms with E-state index in [-0.39, 0.29) is 30.0 Å². The van der Waals surface area contributed by atoms with Crippen LogP contribution in [0.15, 0.2) is 18.2 Å². The predicted octanol–water partition coefficient (Wildman–Crippen LogP) is 1.73. The molecule has 22 heavy (non-hydrogen) atoms. The number of carbonyl (C=O) groups excluding carboxylic acids is 1. The zero-order valence-corrected chi connectivity index (χ0v) is 14.3. The summed E-state index contributed by atoms with van der Waals surface area (Å²) in [5.74, 6) is 0.0319. The lowest BCUT2D eigenvalue weighted by molar-refractivity contribution is -0.119. The highest BCUT2D eigenvalue weighted by Gasteiger charge is 2.22. The smallest absolute Gasteiger partial charge is 0.232 e. The van der Waals surface area contributed by atoms with Crippen molar-refractivity contribution in [2.24, 2.45) is 5.92 Å². The van der Waals surface area contributed by atoms with Crippen molar-refractivity contribution < 1.29 is 13.2 Å². The van der Waals surface area contributed by atoms with Gasteiger partial charge in [-0.05, 0) is 50.6 Å². The Morgan fingerprint density at radius 3 is 2.68 bits per heavy atom. The molecule has 0 aliphatic carbocycles. The fraction of sp³-hybridized carbons (Fsp3) is 0.500. The normalized spacial score (nSPS) is 17.6. The molecule has 8 heteroatoms. The molecule has 0 bridgehead atoms. The van der Waals surface area contributed by atoms with Gasteiger partial charge in [-0.2, -0.15) is 0 Å². The third kappa shape index (κ3) is 4.86.